The van der Waals surface area contributed by atoms with Gasteiger partial charge in [0, 0.05) is 0 Å². The van der Waals surface area contributed by atoms with Crippen LogP contribution < -0.4 is 5.73 Å². The van der Waals surface area contributed by atoms with E-state index < -0.39 is 23.5 Å². The fourth-order valence-electron chi connectivity index (χ4n) is 0.602. The molecule has 0 saturated heterocycles. The lowest BCUT2D eigenvalue weighted by Crippen LogP contribution is -2.31. The van der Waals surface area contributed by atoms with Crippen molar-refractivity contribution in [2.75, 3.05) is 0 Å². The van der Waals surface area contributed by atoms with Gasteiger partial charge in [0.1, 0.15) is 6.29 Å². The maximum Gasteiger partial charge on any atom is 0.227 e. The van der Waals surface area contributed by atoms with Gasteiger partial charge in [-0.05, 0) is 13.8 Å². The molecule has 0 rings (SSSR count). The summed E-state index contributed by atoms with van der Waals surface area (Å²) in [6, 6.07) is 0. The van der Waals surface area contributed by atoms with Crippen LogP contribution >= 0.6 is 0 Å². The molecule has 4 nitrogen and oxygen atoms in total. The average molecular weight is 157 g/mol. The summed E-state index contributed by atoms with van der Waals surface area (Å²) in [7, 11) is 0. The Bertz CT molecular complexity index is 188. The van der Waals surface area contributed by atoms with Gasteiger partial charge >= 0.3 is 0 Å². The summed E-state index contributed by atoms with van der Waals surface area (Å²) in [6.45, 7) is 2.83. The highest BCUT2D eigenvalue weighted by atomic mass is 16.2. The van der Waals surface area contributed by atoms with E-state index in [0.29, 0.717) is 6.29 Å². The van der Waals surface area contributed by atoms with Crippen LogP contribution in [0.3, 0.4) is 0 Å². The molecule has 0 aliphatic carbocycles. The van der Waals surface area contributed by atoms with Crippen molar-refractivity contribution in [3.63, 3.8) is 0 Å². The molecule has 0 heterocycles. The van der Waals surface area contributed by atoms with E-state index in [4.69, 9.17) is 5.73 Å². The van der Waals surface area contributed by atoms with Gasteiger partial charge in [0.25, 0.3) is 0 Å². The van der Waals surface area contributed by atoms with E-state index in [1.165, 1.54) is 13.8 Å². The fourth-order valence-corrected chi connectivity index (χ4v) is 0.602. The highest BCUT2D eigenvalue weighted by Gasteiger charge is 2.23. The van der Waals surface area contributed by atoms with Crippen molar-refractivity contribution in [2.24, 2.45) is 17.6 Å². The molecule has 0 aromatic heterocycles. The molecule has 0 aliphatic rings. The Morgan fingerprint density at radius 3 is 2.09 bits per heavy atom. The largest absolute Gasteiger partial charge is 0.369 e. The Morgan fingerprint density at radius 1 is 1.36 bits per heavy atom. The molecular weight excluding hydrogens is 146 g/mol. The highest BCUT2D eigenvalue weighted by molar-refractivity contribution is 6.05. The fraction of sp³-hybridized carbons (Fsp3) is 0.571. The van der Waals surface area contributed by atoms with Crippen LogP contribution in [0.5, 0.6) is 0 Å². The zero-order valence-electron chi connectivity index (χ0n) is 6.53. The molecule has 0 saturated carbocycles. The number of primary amides is 1. The molecule has 0 spiro atoms. The van der Waals surface area contributed by atoms with Crippen molar-refractivity contribution in [3.05, 3.63) is 0 Å². The number of carbonyl (C=O) groups excluding carboxylic acids is 3. The summed E-state index contributed by atoms with van der Waals surface area (Å²) < 4.78 is 0. The third-order valence-electron chi connectivity index (χ3n) is 1.51. The van der Waals surface area contributed by atoms with Crippen molar-refractivity contribution < 1.29 is 14.4 Å². The number of rotatable bonds is 4. The second-order valence-electron chi connectivity index (χ2n) is 2.45. The van der Waals surface area contributed by atoms with Gasteiger partial charge in [-0.1, -0.05) is 0 Å². The topological polar surface area (TPSA) is 77.2 Å². The predicted octanol–water partition coefficient (Wildman–Crippen LogP) is -0.488. The van der Waals surface area contributed by atoms with Gasteiger partial charge in [0.05, 0.1) is 11.8 Å². The Balaban J connectivity index is 4.24. The molecule has 11 heavy (non-hydrogen) atoms. The van der Waals surface area contributed by atoms with Gasteiger partial charge in [-0.2, -0.15) is 0 Å². The first-order chi connectivity index (χ1) is 5.00. The van der Waals surface area contributed by atoms with E-state index in [0.717, 1.165) is 0 Å². The summed E-state index contributed by atoms with van der Waals surface area (Å²) in [5, 5.41) is 0. The molecule has 2 unspecified atom stereocenters. The maximum atomic E-state index is 11.0. The van der Waals surface area contributed by atoms with Crippen LogP contribution in [0.4, 0.5) is 0 Å². The first kappa shape index (κ1) is 9.81. The quantitative estimate of drug-likeness (QED) is 0.442. The Kier molecular flexibility index (Phi) is 3.44. The summed E-state index contributed by atoms with van der Waals surface area (Å²) >= 11 is 0. The first-order valence-electron chi connectivity index (χ1n) is 3.29. The minimum absolute atomic E-state index is 0.424. The minimum atomic E-state index is -0.866. The van der Waals surface area contributed by atoms with Crippen LogP contribution in [0.2, 0.25) is 0 Å². The van der Waals surface area contributed by atoms with Crippen molar-refractivity contribution in [1.82, 2.24) is 0 Å². The molecular formula is C7H11NO3. The number of aldehydes is 1. The zero-order valence-corrected chi connectivity index (χ0v) is 6.53. The number of amides is 1. The van der Waals surface area contributed by atoms with E-state index in [9.17, 15) is 14.4 Å². The third-order valence-corrected chi connectivity index (χ3v) is 1.51. The van der Waals surface area contributed by atoms with Crippen LogP contribution in [-0.2, 0) is 14.4 Å². The molecule has 0 radical (unpaired) electrons. The molecule has 0 fully saturated rings. The Labute approximate surface area is 64.8 Å². The third kappa shape index (κ3) is 2.49. The second kappa shape index (κ2) is 3.85. The lowest BCUT2D eigenvalue weighted by molar-refractivity contribution is -0.134. The molecule has 0 aromatic rings. The normalized spacial score (nSPS) is 15.1. The van der Waals surface area contributed by atoms with Crippen molar-refractivity contribution >= 4 is 18.0 Å². The molecule has 0 bridgehead atoms. The molecule has 1 amide bonds. The smallest absolute Gasteiger partial charge is 0.227 e. The molecule has 4 heteroatoms. The van der Waals surface area contributed by atoms with E-state index in [2.05, 4.69) is 0 Å². The number of carbonyl (C=O) groups is 3. The van der Waals surface area contributed by atoms with Crippen molar-refractivity contribution in [3.8, 4) is 0 Å². The van der Waals surface area contributed by atoms with Crippen LogP contribution in [0, 0.1) is 11.8 Å². The second-order valence-corrected chi connectivity index (χ2v) is 2.45. The summed E-state index contributed by atoms with van der Waals surface area (Å²) in [5.41, 5.74) is 4.85. The predicted molar refractivity (Wildman–Crippen MR) is 38.6 cm³/mol. The van der Waals surface area contributed by atoms with Crippen LogP contribution in [0.1, 0.15) is 13.8 Å². The summed E-state index contributed by atoms with van der Waals surface area (Å²) in [6.07, 6.45) is 0.502. The lowest BCUT2D eigenvalue weighted by Gasteiger charge is -2.06. The van der Waals surface area contributed by atoms with Crippen LogP contribution in [0.25, 0.3) is 0 Å². The van der Waals surface area contributed by atoms with Gasteiger partial charge in [-0.25, -0.2) is 0 Å². The molecule has 62 valence electrons. The summed E-state index contributed by atoms with van der Waals surface area (Å²) in [5.74, 6) is -2.72. The van der Waals surface area contributed by atoms with E-state index in [1.807, 2.05) is 0 Å². The van der Waals surface area contributed by atoms with Crippen LogP contribution in [-0.4, -0.2) is 18.0 Å². The number of Topliss-reactive ketones (excluding diaryl/α,β-unsaturated/α-hetero) is 1. The van der Waals surface area contributed by atoms with Gasteiger partial charge in [-0.15, -0.1) is 0 Å². The van der Waals surface area contributed by atoms with E-state index >= 15 is 0 Å². The molecule has 2 atom stereocenters. The minimum Gasteiger partial charge on any atom is -0.369 e. The zero-order chi connectivity index (χ0) is 9.02. The van der Waals surface area contributed by atoms with Gasteiger partial charge in [0.2, 0.25) is 5.91 Å². The van der Waals surface area contributed by atoms with Crippen molar-refractivity contribution in [2.45, 2.75) is 13.8 Å². The summed E-state index contributed by atoms with van der Waals surface area (Å²) in [4.78, 5) is 31.5. The Hall–Kier alpha value is -1.19. The SMILES string of the molecule is CC(C=O)C(=O)C(C)C(N)=O. The lowest BCUT2D eigenvalue weighted by atomic mass is 9.96. The Morgan fingerprint density at radius 2 is 1.82 bits per heavy atom. The number of hydrogen-bond donors (Lipinski definition) is 1. The highest BCUT2D eigenvalue weighted by Crippen LogP contribution is 2.03. The molecule has 2 N–H and O–H groups in total. The first-order valence-corrected chi connectivity index (χ1v) is 3.29. The van der Waals surface area contributed by atoms with Gasteiger partial charge in [0.15, 0.2) is 5.78 Å². The number of nitrogens with two attached hydrogens (primary N) is 1. The average Bonchev–Trinajstić information content (AvgIpc) is 2.00. The molecule has 0 aliphatic heterocycles. The van der Waals surface area contributed by atoms with Crippen molar-refractivity contribution in [1.29, 1.82) is 0 Å². The standard InChI is InChI=1S/C7H11NO3/c1-4(3-9)6(10)5(2)7(8)11/h3-5H,1-2H3,(H2,8,11). The molecule has 0 aromatic carbocycles. The van der Waals surface area contributed by atoms with E-state index in [1.54, 1.807) is 0 Å². The van der Waals surface area contributed by atoms with E-state index in [-0.39, 0.29) is 0 Å². The number of hydrogen-bond acceptors (Lipinski definition) is 3. The number of ketones is 1. The monoisotopic (exact) mass is 157 g/mol. The van der Waals surface area contributed by atoms with Gasteiger partial charge < -0.3 is 10.5 Å². The maximum absolute atomic E-state index is 11.0. The van der Waals surface area contributed by atoms with Gasteiger partial charge in [-0.3, -0.25) is 9.59 Å². The van der Waals surface area contributed by atoms with Crippen LogP contribution in [0.15, 0.2) is 0 Å².